The molecule has 122 valence electrons. The van der Waals surface area contributed by atoms with E-state index in [4.69, 9.17) is 0 Å². The van der Waals surface area contributed by atoms with Crippen molar-refractivity contribution < 1.29 is 4.79 Å². The fraction of sp³-hybridized carbons (Fsp3) is 0.500. The molecular weight excluding hydrogens is 288 g/mol. The lowest BCUT2D eigenvalue weighted by Crippen LogP contribution is -2.35. The Labute approximate surface area is 137 Å². The molecule has 1 heterocycles. The van der Waals surface area contributed by atoms with Crippen molar-refractivity contribution in [2.75, 3.05) is 0 Å². The van der Waals surface area contributed by atoms with Crippen LogP contribution in [0.1, 0.15) is 60.9 Å². The Morgan fingerprint density at radius 3 is 2.43 bits per heavy atom. The highest BCUT2D eigenvalue weighted by Gasteiger charge is 2.15. The van der Waals surface area contributed by atoms with Gasteiger partial charge in [-0.15, -0.1) is 0 Å². The molecule has 1 amide bonds. The summed E-state index contributed by atoms with van der Waals surface area (Å²) in [5.74, 6) is 0.0443. The van der Waals surface area contributed by atoms with Gasteiger partial charge < -0.3 is 5.32 Å². The molecule has 0 radical (unpaired) electrons. The molecular formula is C18H24N4O. The average Bonchev–Trinajstić information content (AvgIpc) is 3.03. The van der Waals surface area contributed by atoms with Crippen molar-refractivity contribution in [3.05, 3.63) is 48.0 Å². The summed E-state index contributed by atoms with van der Waals surface area (Å²) in [4.78, 5) is 16.3. The highest BCUT2D eigenvalue weighted by molar-refractivity contribution is 5.94. The van der Waals surface area contributed by atoms with Crippen LogP contribution in [0.3, 0.4) is 0 Å². The van der Waals surface area contributed by atoms with Gasteiger partial charge in [-0.1, -0.05) is 44.2 Å². The monoisotopic (exact) mass is 312 g/mol. The molecule has 5 heteroatoms. The second-order valence-electron chi connectivity index (χ2n) is 6.31. The highest BCUT2D eigenvalue weighted by Crippen LogP contribution is 2.17. The van der Waals surface area contributed by atoms with Crippen LogP contribution in [-0.4, -0.2) is 26.7 Å². The van der Waals surface area contributed by atoms with Crippen molar-refractivity contribution in [2.45, 2.75) is 57.5 Å². The molecule has 0 atom stereocenters. The number of aromatic nitrogens is 3. The number of hydrogen-bond acceptors (Lipinski definition) is 3. The minimum Gasteiger partial charge on any atom is -0.349 e. The summed E-state index contributed by atoms with van der Waals surface area (Å²) >= 11 is 0. The topological polar surface area (TPSA) is 59.8 Å². The van der Waals surface area contributed by atoms with Gasteiger partial charge in [-0.2, -0.15) is 5.10 Å². The summed E-state index contributed by atoms with van der Waals surface area (Å²) in [6.45, 7) is 0.671. The second-order valence-corrected chi connectivity index (χ2v) is 6.31. The molecule has 1 aromatic heterocycles. The molecule has 1 aliphatic carbocycles. The van der Waals surface area contributed by atoms with E-state index in [1.54, 1.807) is 11.0 Å². The largest absolute Gasteiger partial charge is 0.349 e. The zero-order valence-corrected chi connectivity index (χ0v) is 13.4. The summed E-state index contributed by atoms with van der Waals surface area (Å²) in [6, 6.07) is 8.08. The lowest BCUT2D eigenvalue weighted by Gasteiger charge is -2.21. The molecule has 0 unspecified atom stereocenters. The van der Waals surface area contributed by atoms with Crippen LogP contribution in [0.25, 0.3) is 0 Å². The van der Waals surface area contributed by atoms with E-state index in [1.807, 2.05) is 24.3 Å². The summed E-state index contributed by atoms with van der Waals surface area (Å²) in [6.07, 6.45) is 11.8. The Hall–Kier alpha value is -2.17. The number of rotatable bonds is 4. The SMILES string of the molecule is O=C(NC1CCCCCCC1)c1ccc(Cn2cncn2)cc1. The van der Waals surface area contributed by atoms with Gasteiger partial charge in [0.2, 0.25) is 0 Å². The van der Waals surface area contributed by atoms with E-state index in [-0.39, 0.29) is 5.91 Å². The Bertz CT molecular complexity index is 598. The standard InChI is InChI=1S/C18H24N4O/c23-18(21-17-6-4-2-1-3-5-7-17)16-10-8-15(9-11-16)12-22-14-19-13-20-22/h8-11,13-14,17H,1-7,12H2,(H,21,23). The Morgan fingerprint density at radius 1 is 1.09 bits per heavy atom. The third-order valence-electron chi connectivity index (χ3n) is 4.47. The van der Waals surface area contributed by atoms with Crippen LogP contribution in [-0.2, 0) is 6.54 Å². The number of benzene rings is 1. The zero-order valence-electron chi connectivity index (χ0n) is 13.4. The molecule has 1 saturated carbocycles. The zero-order chi connectivity index (χ0) is 15.9. The molecule has 1 fully saturated rings. The third-order valence-corrected chi connectivity index (χ3v) is 4.47. The van der Waals surface area contributed by atoms with E-state index in [2.05, 4.69) is 15.4 Å². The molecule has 5 nitrogen and oxygen atoms in total. The Morgan fingerprint density at radius 2 is 1.78 bits per heavy atom. The van der Waals surface area contributed by atoms with Crippen LogP contribution >= 0.6 is 0 Å². The molecule has 1 aliphatic rings. The number of hydrogen-bond donors (Lipinski definition) is 1. The fourth-order valence-corrected chi connectivity index (χ4v) is 3.13. The van der Waals surface area contributed by atoms with Crippen molar-refractivity contribution in [3.8, 4) is 0 Å². The van der Waals surface area contributed by atoms with Crippen molar-refractivity contribution >= 4 is 5.91 Å². The predicted molar refractivity (Wildman–Crippen MR) is 89.1 cm³/mol. The first-order chi connectivity index (χ1) is 11.3. The normalized spacial score (nSPS) is 16.5. The summed E-state index contributed by atoms with van der Waals surface area (Å²) in [7, 11) is 0. The number of nitrogens with zero attached hydrogens (tertiary/aromatic N) is 3. The van der Waals surface area contributed by atoms with Crippen LogP contribution in [0.5, 0.6) is 0 Å². The fourth-order valence-electron chi connectivity index (χ4n) is 3.13. The number of carbonyl (C=O) groups excluding carboxylic acids is 1. The molecule has 1 N–H and O–H groups in total. The molecule has 2 aromatic rings. The summed E-state index contributed by atoms with van der Waals surface area (Å²) in [5, 5.41) is 7.29. The van der Waals surface area contributed by atoms with Crippen LogP contribution in [0.2, 0.25) is 0 Å². The van der Waals surface area contributed by atoms with Crippen molar-refractivity contribution in [2.24, 2.45) is 0 Å². The number of carbonyl (C=O) groups is 1. The summed E-state index contributed by atoms with van der Waals surface area (Å²) in [5.41, 5.74) is 1.84. The van der Waals surface area contributed by atoms with E-state index in [0.29, 0.717) is 12.6 Å². The van der Waals surface area contributed by atoms with E-state index in [1.165, 1.54) is 38.4 Å². The van der Waals surface area contributed by atoms with Gasteiger partial charge in [-0.3, -0.25) is 4.79 Å². The molecule has 3 rings (SSSR count). The molecule has 0 aliphatic heterocycles. The summed E-state index contributed by atoms with van der Waals surface area (Å²) < 4.78 is 1.77. The lowest BCUT2D eigenvalue weighted by molar-refractivity contribution is 0.0930. The van der Waals surface area contributed by atoms with Gasteiger partial charge in [-0.05, 0) is 30.5 Å². The number of nitrogens with one attached hydrogen (secondary N) is 1. The smallest absolute Gasteiger partial charge is 0.251 e. The van der Waals surface area contributed by atoms with Crippen molar-refractivity contribution in [1.29, 1.82) is 0 Å². The molecule has 0 spiro atoms. The van der Waals surface area contributed by atoms with E-state index in [0.717, 1.165) is 24.0 Å². The van der Waals surface area contributed by atoms with Gasteiger partial charge in [0, 0.05) is 11.6 Å². The van der Waals surface area contributed by atoms with Crippen LogP contribution in [0.4, 0.5) is 0 Å². The second kappa shape index (κ2) is 7.90. The predicted octanol–water partition coefficient (Wildman–Crippen LogP) is 3.17. The van der Waals surface area contributed by atoms with Crippen molar-refractivity contribution in [3.63, 3.8) is 0 Å². The quantitative estimate of drug-likeness (QED) is 0.943. The number of amides is 1. The third kappa shape index (κ3) is 4.65. The van der Waals surface area contributed by atoms with Crippen LogP contribution in [0.15, 0.2) is 36.9 Å². The van der Waals surface area contributed by atoms with Gasteiger partial charge in [0.05, 0.1) is 6.54 Å². The highest BCUT2D eigenvalue weighted by atomic mass is 16.1. The first-order valence-electron chi connectivity index (χ1n) is 8.53. The lowest BCUT2D eigenvalue weighted by atomic mass is 9.96. The minimum absolute atomic E-state index is 0.0443. The molecule has 0 bridgehead atoms. The minimum atomic E-state index is 0.0443. The first kappa shape index (κ1) is 15.7. The molecule has 1 aromatic carbocycles. The van der Waals surface area contributed by atoms with Gasteiger partial charge in [0.25, 0.3) is 5.91 Å². The molecule has 0 saturated heterocycles. The van der Waals surface area contributed by atoms with Gasteiger partial charge in [0.15, 0.2) is 0 Å². The maximum absolute atomic E-state index is 12.4. The average molecular weight is 312 g/mol. The maximum atomic E-state index is 12.4. The van der Waals surface area contributed by atoms with E-state index < -0.39 is 0 Å². The van der Waals surface area contributed by atoms with Gasteiger partial charge >= 0.3 is 0 Å². The Balaban J connectivity index is 1.56. The van der Waals surface area contributed by atoms with Gasteiger partial charge in [-0.25, -0.2) is 9.67 Å². The van der Waals surface area contributed by atoms with E-state index in [9.17, 15) is 4.79 Å². The first-order valence-corrected chi connectivity index (χ1v) is 8.53. The maximum Gasteiger partial charge on any atom is 0.251 e. The van der Waals surface area contributed by atoms with Crippen molar-refractivity contribution in [1.82, 2.24) is 20.1 Å². The van der Waals surface area contributed by atoms with E-state index >= 15 is 0 Å². The van der Waals surface area contributed by atoms with Gasteiger partial charge in [0.1, 0.15) is 12.7 Å². The Kier molecular flexibility index (Phi) is 5.40. The molecule has 23 heavy (non-hydrogen) atoms. The van der Waals surface area contributed by atoms with Crippen LogP contribution in [0, 0.1) is 0 Å². The van der Waals surface area contributed by atoms with Crippen LogP contribution < -0.4 is 5.32 Å².